The number of hydrogen-bond donors (Lipinski definition) is 1. The molecule has 21 heavy (non-hydrogen) atoms. The van der Waals surface area contributed by atoms with Crippen LogP contribution < -0.4 is 0 Å². The fourth-order valence-corrected chi connectivity index (χ4v) is 6.57. The van der Waals surface area contributed by atoms with Gasteiger partial charge in [0, 0.05) is 35.0 Å². The first-order valence-corrected chi connectivity index (χ1v) is 9.40. The zero-order valence-electron chi connectivity index (χ0n) is 11.3. The molecular formula is C15H15NO3S2. The predicted molar refractivity (Wildman–Crippen MR) is 84.2 cm³/mol. The minimum Gasteiger partial charge on any atom is -0.507 e. The number of sulfonamides is 1. The molecule has 2 bridgehead atoms. The molecule has 0 saturated carbocycles. The second-order valence-electron chi connectivity index (χ2n) is 5.58. The van der Waals surface area contributed by atoms with Crippen molar-refractivity contribution in [3.8, 4) is 5.75 Å². The Morgan fingerprint density at radius 3 is 2.76 bits per heavy atom. The number of benzene rings is 2. The molecule has 4 nitrogen and oxygen atoms in total. The van der Waals surface area contributed by atoms with Gasteiger partial charge < -0.3 is 5.11 Å². The van der Waals surface area contributed by atoms with Crippen molar-refractivity contribution in [1.29, 1.82) is 0 Å². The molecule has 110 valence electrons. The molecule has 6 heteroatoms. The Balaban J connectivity index is 1.82. The zero-order valence-corrected chi connectivity index (χ0v) is 12.9. The number of aromatic hydroxyl groups is 1. The number of nitrogens with zero attached hydrogens (tertiary/aromatic N) is 1. The van der Waals surface area contributed by atoms with Crippen LogP contribution in [0.25, 0.3) is 10.8 Å². The average molecular weight is 321 g/mol. The van der Waals surface area contributed by atoms with Gasteiger partial charge in [-0.1, -0.05) is 24.3 Å². The molecule has 0 spiro atoms. The summed E-state index contributed by atoms with van der Waals surface area (Å²) in [4.78, 5) is 0.191. The SMILES string of the molecule is O=S(=O)(c1cc(O)c2ccccc2c1)N1CC2CC1CS2. The molecule has 0 radical (unpaired) electrons. The highest BCUT2D eigenvalue weighted by atomic mass is 32.2. The Morgan fingerprint density at radius 2 is 2.05 bits per heavy atom. The van der Waals surface area contributed by atoms with Crippen molar-refractivity contribution in [2.24, 2.45) is 0 Å². The quantitative estimate of drug-likeness (QED) is 0.923. The summed E-state index contributed by atoms with van der Waals surface area (Å²) in [6, 6.07) is 10.4. The lowest BCUT2D eigenvalue weighted by Crippen LogP contribution is -2.39. The first-order valence-electron chi connectivity index (χ1n) is 6.91. The van der Waals surface area contributed by atoms with E-state index in [1.165, 1.54) is 6.07 Å². The van der Waals surface area contributed by atoms with Crippen molar-refractivity contribution in [2.75, 3.05) is 12.3 Å². The second-order valence-corrected chi connectivity index (χ2v) is 8.81. The molecule has 2 aliphatic heterocycles. The highest BCUT2D eigenvalue weighted by molar-refractivity contribution is 8.00. The van der Waals surface area contributed by atoms with Crippen LogP contribution in [-0.2, 0) is 10.0 Å². The van der Waals surface area contributed by atoms with Crippen molar-refractivity contribution in [3.63, 3.8) is 0 Å². The second kappa shape index (κ2) is 4.63. The maximum atomic E-state index is 12.8. The molecule has 2 aromatic carbocycles. The van der Waals surface area contributed by atoms with Crippen LogP contribution >= 0.6 is 11.8 Å². The minimum absolute atomic E-state index is 0.0189. The monoisotopic (exact) mass is 321 g/mol. The topological polar surface area (TPSA) is 57.6 Å². The van der Waals surface area contributed by atoms with E-state index in [0.29, 0.717) is 17.2 Å². The number of phenols is 1. The van der Waals surface area contributed by atoms with E-state index in [2.05, 4.69) is 0 Å². The molecule has 0 amide bonds. The number of phenolic OH excluding ortho intramolecular Hbond substituents is 1. The first kappa shape index (κ1) is 13.4. The van der Waals surface area contributed by atoms with E-state index in [0.717, 1.165) is 17.6 Å². The van der Waals surface area contributed by atoms with Crippen LogP contribution in [0.4, 0.5) is 0 Å². The van der Waals surface area contributed by atoms with Crippen LogP contribution in [0.15, 0.2) is 41.3 Å². The molecule has 4 rings (SSSR count). The third kappa shape index (κ3) is 2.05. The minimum atomic E-state index is -3.52. The Bertz CT molecular complexity index is 819. The van der Waals surface area contributed by atoms with Crippen molar-refractivity contribution < 1.29 is 13.5 Å². The van der Waals surface area contributed by atoms with Gasteiger partial charge in [-0.15, -0.1) is 0 Å². The lowest BCUT2D eigenvalue weighted by Gasteiger charge is -2.26. The van der Waals surface area contributed by atoms with E-state index in [1.807, 2.05) is 30.0 Å². The number of fused-ring (bicyclic) bond motifs is 3. The van der Waals surface area contributed by atoms with E-state index in [-0.39, 0.29) is 16.7 Å². The van der Waals surface area contributed by atoms with Gasteiger partial charge >= 0.3 is 0 Å². The first-order chi connectivity index (χ1) is 10.1. The van der Waals surface area contributed by atoms with Crippen molar-refractivity contribution in [3.05, 3.63) is 36.4 Å². The molecule has 2 aliphatic rings. The summed E-state index contributed by atoms with van der Waals surface area (Å²) in [5.41, 5.74) is 0. The highest BCUT2D eigenvalue weighted by Crippen LogP contribution is 2.41. The normalized spacial score (nSPS) is 25.7. The fraction of sp³-hybridized carbons (Fsp3) is 0.333. The van der Waals surface area contributed by atoms with E-state index in [1.54, 1.807) is 16.4 Å². The third-order valence-electron chi connectivity index (χ3n) is 4.27. The van der Waals surface area contributed by atoms with Crippen LogP contribution in [0.3, 0.4) is 0 Å². The summed E-state index contributed by atoms with van der Waals surface area (Å²) < 4.78 is 27.3. The van der Waals surface area contributed by atoms with Crippen LogP contribution in [0.2, 0.25) is 0 Å². The summed E-state index contributed by atoms with van der Waals surface area (Å²) >= 11 is 1.86. The Hall–Kier alpha value is -1.24. The molecular weight excluding hydrogens is 306 g/mol. The summed E-state index contributed by atoms with van der Waals surface area (Å²) in [6.07, 6.45) is 0.948. The van der Waals surface area contributed by atoms with Crippen molar-refractivity contribution in [2.45, 2.75) is 22.6 Å². The van der Waals surface area contributed by atoms with Crippen LogP contribution in [0.1, 0.15) is 6.42 Å². The van der Waals surface area contributed by atoms with Gasteiger partial charge in [-0.2, -0.15) is 16.1 Å². The maximum Gasteiger partial charge on any atom is 0.243 e. The summed E-state index contributed by atoms with van der Waals surface area (Å²) in [6.45, 7) is 0.589. The van der Waals surface area contributed by atoms with E-state index in [4.69, 9.17) is 0 Å². The van der Waals surface area contributed by atoms with Gasteiger partial charge in [0.1, 0.15) is 5.75 Å². The van der Waals surface area contributed by atoms with E-state index < -0.39 is 10.0 Å². The summed E-state index contributed by atoms with van der Waals surface area (Å²) in [5, 5.41) is 12.0. The largest absolute Gasteiger partial charge is 0.507 e. The summed E-state index contributed by atoms with van der Waals surface area (Å²) in [5.74, 6) is 0.897. The molecule has 0 aromatic heterocycles. The number of rotatable bonds is 2. The Kier molecular flexibility index (Phi) is 2.96. The fourth-order valence-electron chi connectivity index (χ4n) is 3.21. The van der Waals surface area contributed by atoms with Gasteiger partial charge in [0.25, 0.3) is 0 Å². The lowest BCUT2D eigenvalue weighted by atomic mass is 10.1. The molecule has 1 N–H and O–H groups in total. The van der Waals surface area contributed by atoms with Gasteiger partial charge in [0.2, 0.25) is 10.0 Å². The third-order valence-corrected chi connectivity index (χ3v) is 7.56. The maximum absolute atomic E-state index is 12.8. The van der Waals surface area contributed by atoms with Crippen molar-refractivity contribution in [1.82, 2.24) is 4.31 Å². The predicted octanol–water partition coefficient (Wildman–Crippen LogP) is 2.42. The van der Waals surface area contributed by atoms with Gasteiger partial charge in [0.15, 0.2) is 0 Å². The standard InChI is InChI=1S/C15H15NO3S2/c17-15-7-13(5-10-3-1-2-4-14(10)15)21(18,19)16-8-12-6-11(16)9-20-12/h1-5,7,11-12,17H,6,8-9H2. The zero-order chi connectivity index (χ0) is 14.6. The molecule has 2 aromatic rings. The van der Waals surface area contributed by atoms with Crippen LogP contribution in [0.5, 0.6) is 5.75 Å². The molecule has 2 heterocycles. The summed E-state index contributed by atoms with van der Waals surface area (Å²) in [7, 11) is -3.52. The number of thioether (sulfide) groups is 1. The smallest absolute Gasteiger partial charge is 0.243 e. The van der Waals surface area contributed by atoms with Gasteiger partial charge in [-0.05, 0) is 17.9 Å². The molecule has 2 fully saturated rings. The lowest BCUT2D eigenvalue weighted by molar-refractivity contribution is 0.409. The average Bonchev–Trinajstić information content (AvgIpc) is 3.10. The van der Waals surface area contributed by atoms with Gasteiger partial charge in [-0.3, -0.25) is 0 Å². The molecule has 0 aliphatic carbocycles. The molecule has 2 unspecified atom stereocenters. The highest BCUT2D eigenvalue weighted by Gasteiger charge is 2.45. The van der Waals surface area contributed by atoms with Crippen molar-refractivity contribution >= 4 is 32.6 Å². The van der Waals surface area contributed by atoms with E-state index >= 15 is 0 Å². The Morgan fingerprint density at radius 1 is 1.24 bits per heavy atom. The van der Waals surface area contributed by atoms with Crippen LogP contribution in [0, 0.1) is 0 Å². The van der Waals surface area contributed by atoms with Gasteiger partial charge in [-0.25, -0.2) is 8.42 Å². The van der Waals surface area contributed by atoms with E-state index in [9.17, 15) is 13.5 Å². The van der Waals surface area contributed by atoms with Gasteiger partial charge in [0.05, 0.1) is 4.90 Å². The molecule has 2 saturated heterocycles. The molecule has 2 atom stereocenters. The van der Waals surface area contributed by atoms with Crippen LogP contribution in [-0.4, -0.2) is 41.4 Å². The number of hydrogen-bond acceptors (Lipinski definition) is 4. The Labute approximate surface area is 127 Å².